The van der Waals surface area contributed by atoms with Crippen LogP contribution in [0.1, 0.15) is 6.92 Å². The monoisotopic (exact) mass is 196 g/mol. The summed E-state index contributed by atoms with van der Waals surface area (Å²) in [6.07, 6.45) is 1.32. The van der Waals surface area contributed by atoms with E-state index in [0.29, 0.717) is 18.9 Å². The van der Waals surface area contributed by atoms with Crippen LogP contribution in [0.5, 0.6) is 0 Å². The van der Waals surface area contributed by atoms with Gasteiger partial charge in [-0.25, -0.2) is 4.98 Å². The summed E-state index contributed by atoms with van der Waals surface area (Å²) in [5.41, 5.74) is -0.206. The number of H-pyrrole nitrogens is 1. The van der Waals surface area contributed by atoms with Gasteiger partial charge in [0.1, 0.15) is 5.82 Å². The number of amides is 1. The van der Waals surface area contributed by atoms with Crippen molar-refractivity contribution < 1.29 is 4.79 Å². The highest BCUT2D eigenvalue weighted by Gasteiger charge is 1.93. The van der Waals surface area contributed by atoms with E-state index in [4.69, 9.17) is 0 Å². The van der Waals surface area contributed by atoms with Crippen LogP contribution in [-0.4, -0.2) is 29.0 Å². The summed E-state index contributed by atoms with van der Waals surface area (Å²) in [5, 5.41) is 5.51. The Morgan fingerprint density at radius 1 is 1.57 bits per heavy atom. The van der Waals surface area contributed by atoms with Crippen molar-refractivity contribution in [1.29, 1.82) is 0 Å². The van der Waals surface area contributed by atoms with E-state index in [1.807, 2.05) is 0 Å². The summed E-state index contributed by atoms with van der Waals surface area (Å²) in [6.45, 7) is 2.49. The van der Waals surface area contributed by atoms with Crippen molar-refractivity contribution in [2.75, 3.05) is 18.4 Å². The fourth-order valence-corrected chi connectivity index (χ4v) is 0.894. The zero-order chi connectivity index (χ0) is 10.4. The van der Waals surface area contributed by atoms with Gasteiger partial charge in [0.15, 0.2) is 0 Å². The Balaban J connectivity index is 2.31. The van der Waals surface area contributed by atoms with Crippen LogP contribution in [0.2, 0.25) is 0 Å². The number of hydrogen-bond donors (Lipinski definition) is 3. The molecule has 1 amide bonds. The van der Waals surface area contributed by atoms with E-state index in [2.05, 4.69) is 20.6 Å². The van der Waals surface area contributed by atoms with Crippen LogP contribution in [0.4, 0.5) is 5.82 Å². The predicted octanol–water partition coefficient (Wildman–Crippen LogP) is -0.682. The molecule has 0 bridgehead atoms. The molecule has 0 fully saturated rings. The number of aromatic amines is 1. The zero-order valence-corrected chi connectivity index (χ0v) is 7.83. The minimum atomic E-state index is -0.206. The topological polar surface area (TPSA) is 86.9 Å². The lowest BCUT2D eigenvalue weighted by Gasteiger charge is -2.04. The van der Waals surface area contributed by atoms with Crippen LogP contribution in [-0.2, 0) is 4.79 Å². The molecule has 1 aromatic rings. The molecular weight excluding hydrogens is 184 g/mol. The molecule has 6 nitrogen and oxygen atoms in total. The average Bonchev–Trinajstić information content (AvgIpc) is 2.12. The van der Waals surface area contributed by atoms with Gasteiger partial charge >= 0.3 is 0 Å². The maximum Gasteiger partial charge on any atom is 0.252 e. The normalized spacial score (nSPS) is 9.50. The van der Waals surface area contributed by atoms with Gasteiger partial charge < -0.3 is 15.6 Å². The SMILES string of the molecule is CC(=O)NCCNc1cc(=O)[nH]cn1. The third-order valence-corrected chi connectivity index (χ3v) is 1.48. The van der Waals surface area contributed by atoms with E-state index in [1.54, 1.807) is 0 Å². The second-order valence-corrected chi connectivity index (χ2v) is 2.71. The molecule has 0 radical (unpaired) electrons. The lowest BCUT2D eigenvalue weighted by molar-refractivity contribution is -0.118. The molecule has 76 valence electrons. The quantitative estimate of drug-likeness (QED) is 0.557. The van der Waals surface area contributed by atoms with Crippen molar-refractivity contribution in [3.05, 3.63) is 22.7 Å². The first-order chi connectivity index (χ1) is 6.68. The van der Waals surface area contributed by atoms with E-state index < -0.39 is 0 Å². The Morgan fingerprint density at radius 3 is 3.00 bits per heavy atom. The second kappa shape index (κ2) is 5.00. The molecule has 0 saturated carbocycles. The molecule has 1 aromatic heterocycles. The Hall–Kier alpha value is -1.85. The Labute approximate surface area is 80.8 Å². The first kappa shape index (κ1) is 10.2. The Morgan fingerprint density at radius 2 is 2.36 bits per heavy atom. The first-order valence-electron chi connectivity index (χ1n) is 4.21. The maximum absolute atomic E-state index is 10.8. The standard InChI is InChI=1S/C8H12N4O2/c1-6(13)9-2-3-10-7-4-8(14)12-5-11-7/h4-5H,2-3H2,1H3,(H,9,13)(H2,10,11,12,14). The van der Waals surface area contributed by atoms with Gasteiger partial charge in [-0.05, 0) is 0 Å². The van der Waals surface area contributed by atoms with Gasteiger partial charge in [0.2, 0.25) is 5.91 Å². The molecule has 1 heterocycles. The van der Waals surface area contributed by atoms with Crippen LogP contribution < -0.4 is 16.2 Å². The van der Waals surface area contributed by atoms with Gasteiger partial charge in [-0.15, -0.1) is 0 Å². The highest BCUT2D eigenvalue weighted by atomic mass is 16.1. The predicted molar refractivity (Wildman–Crippen MR) is 52.0 cm³/mol. The lowest BCUT2D eigenvalue weighted by atomic mass is 10.5. The van der Waals surface area contributed by atoms with Crippen molar-refractivity contribution >= 4 is 11.7 Å². The fourth-order valence-electron chi connectivity index (χ4n) is 0.894. The number of nitrogens with zero attached hydrogens (tertiary/aromatic N) is 1. The summed E-state index contributed by atoms with van der Waals surface area (Å²) >= 11 is 0. The summed E-state index contributed by atoms with van der Waals surface area (Å²) in [7, 11) is 0. The molecule has 0 aliphatic heterocycles. The van der Waals surface area contributed by atoms with Gasteiger partial charge in [0.25, 0.3) is 5.56 Å². The third-order valence-electron chi connectivity index (χ3n) is 1.48. The number of hydrogen-bond acceptors (Lipinski definition) is 4. The fraction of sp³-hybridized carbons (Fsp3) is 0.375. The number of carbonyl (C=O) groups excluding carboxylic acids is 1. The molecule has 0 spiro atoms. The Kier molecular flexibility index (Phi) is 3.66. The minimum absolute atomic E-state index is 0.0781. The van der Waals surface area contributed by atoms with Crippen molar-refractivity contribution in [3.63, 3.8) is 0 Å². The summed E-state index contributed by atoms with van der Waals surface area (Å²) in [6, 6.07) is 1.35. The number of aromatic nitrogens is 2. The molecule has 14 heavy (non-hydrogen) atoms. The van der Waals surface area contributed by atoms with Gasteiger partial charge in [-0.3, -0.25) is 9.59 Å². The largest absolute Gasteiger partial charge is 0.368 e. The molecule has 0 unspecified atom stereocenters. The van der Waals surface area contributed by atoms with E-state index in [9.17, 15) is 9.59 Å². The highest BCUT2D eigenvalue weighted by molar-refractivity contribution is 5.72. The first-order valence-corrected chi connectivity index (χ1v) is 4.21. The molecular formula is C8H12N4O2. The molecule has 0 atom stereocenters. The number of nitrogens with one attached hydrogen (secondary N) is 3. The summed E-state index contributed by atoms with van der Waals surface area (Å²) in [4.78, 5) is 27.6. The minimum Gasteiger partial charge on any atom is -0.368 e. The van der Waals surface area contributed by atoms with Crippen LogP contribution in [0.15, 0.2) is 17.2 Å². The lowest BCUT2D eigenvalue weighted by Crippen LogP contribution is -2.26. The molecule has 3 N–H and O–H groups in total. The maximum atomic E-state index is 10.8. The van der Waals surface area contributed by atoms with Gasteiger partial charge in [-0.1, -0.05) is 0 Å². The third kappa shape index (κ3) is 3.70. The second-order valence-electron chi connectivity index (χ2n) is 2.71. The number of carbonyl (C=O) groups is 1. The van der Waals surface area contributed by atoms with Crippen molar-refractivity contribution in [1.82, 2.24) is 15.3 Å². The van der Waals surface area contributed by atoms with Crippen LogP contribution in [0.3, 0.4) is 0 Å². The van der Waals surface area contributed by atoms with Crippen molar-refractivity contribution in [2.24, 2.45) is 0 Å². The number of anilines is 1. The molecule has 0 aliphatic carbocycles. The summed E-state index contributed by atoms with van der Waals surface area (Å²) < 4.78 is 0. The van der Waals surface area contributed by atoms with E-state index in [1.165, 1.54) is 19.3 Å². The van der Waals surface area contributed by atoms with Crippen molar-refractivity contribution in [2.45, 2.75) is 6.92 Å². The van der Waals surface area contributed by atoms with Gasteiger partial charge in [-0.2, -0.15) is 0 Å². The van der Waals surface area contributed by atoms with Crippen LogP contribution in [0, 0.1) is 0 Å². The zero-order valence-electron chi connectivity index (χ0n) is 7.83. The van der Waals surface area contributed by atoms with Crippen LogP contribution in [0.25, 0.3) is 0 Å². The van der Waals surface area contributed by atoms with E-state index in [-0.39, 0.29) is 11.5 Å². The van der Waals surface area contributed by atoms with E-state index in [0.717, 1.165) is 0 Å². The molecule has 0 saturated heterocycles. The van der Waals surface area contributed by atoms with E-state index >= 15 is 0 Å². The van der Waals surface area contributed by atoms with Gasteiger partial charge in [0, 0.05) is 26.1 Å². The average molecular weight is 196 g/mol. The van der Waals surface area contributed by atoms with Crippen LogP contribution >= 0.6 is 0 Å². The molecule has 0 aliphatic rings. The van der Waals surface area contributed by atoms with Gasteiger partial charge in [0.05, 0.1) is 6.33 Å². The molecule has 6 heteroatoms. The molecule has 1 rings (SSSR count). The summed E-state index contributed by atoms with van der Waals surface area (Å²) in [5.74, 6) is 0.421. The highest BCUT2D eigenvalue weighted by Crippen LogP contribution is 1.92. The number of rotatable bonds is 4. The Bertz CT molecular complexity index is 360. The smallest absolute Gasteiger partial charge is 0.252 e. The molecule has 0 aromatic carbocycles. The van der Waals surface area contributed by atoms with Crippen molar-refractivity contribution in [3.8, 4) is 0 Å².